The molecule has 3 nitrogen and oxygen atoms in total. The summed E-state index contributed by atoms with van der Waals surface area (Å²) < 4.78 is 0.798. The number of halogens is 1. The molecule has 0 aliphatic carbocycles. The van der Waals surface area contributed by atoms with Gasteiger partial charge in [-0.1, -0.05) is 11.6 Å². The smallest absolute Gasteiger partial charge is 0.0931 e. The molecule has 0 radical (unpaired) electrons. The maximum Gasteiger partial charge on any atom is 0.0931 e. The van der Waals surface area contributed by atoms with Gasteiger partial charge in [0.15, 0.2) is 0 Å². The molecule has 2 heterocycles. The van der Waals surface area contributed by atoms with E-state index in [0.29, 0.717) is 0 Å². The first-order valence-corrected chi connectivity index (χ1v) is 5.70. The van der Waals surface area contributed by atoms with E-state index in [2.05, 4.69) is 15.5 Å². The summed E-state index contributed by atoms with van der Waals surface area (Å²) in [5.41, 5.74) is 1.09. The summed E-state index contributed by atoms with van der Waals surface area (Å²) in [5, 5.41) is 10.9. The molecule has 2 aromatic heterocycles. The molecule has 1 N–H and O–H groups in total. The number of nitrogens with zero attached hydrogens (tertiary/aromatic N) is 2. The van der Waals surface area contributed by atoms with Crippen molar-refractivity contribution in [2.75, 3.05) is 7.05 Å². The molecule has 5 heteroatoms. The first-order valence-electron chi connectivity index (χ1n) is 4.50. The molecule has 1 atom stereocenters. The molecule has 0 bridgehead atoms. The van der Waals surface area contributed by atoms with Gasteiger partial charge in [0, 0.05) is 11.1 Å². The lowest BCUT2D eigenvalue weighted by Gasteiger charge is -2.13. The monoisotopic (exact) mass is 239 g/mol. The fraction of sp³-hybridized carbons (Fsp3) is 0.200. The number of rotatable bonds is 3. The summed E-state index contributed by atoms with van der Waals surface area (Å²) in [6.45, 7) is 0. The van der Waals surface area contributed by atoms with Gasteiger partial charge >= 0.3 is 0 Å². The van der Waals surface area contributed by atoms with Crippen LogP contribution < -0.4 is 5.32 Å². The Bertz CT molecular complexity index is 429. The minimum atomic E-state index is 0.137. The first-order chi connectivity index (χ1) is 7.31. The Kier molecular flexibility index (Phi) is 3.30. The quantitative estimate of drug-likeness (QED) is 0.895. The Hall–Kier alpha value is -0.970. The maximum atomic E-state index is 5.91. The molecule has 0 amide bonds. The minimum absolute atomic E-state index is 0.137. The van der Waals surface area contributed by atoms with Crippen molar-refractivity contribution in [1.82, 2.24) is 15.5 Å². The fourth-order valence-corrected chi connectivity index (χ4v) is 2.63. The highest BCUT2D eigenvalue weighted by Gasteiger charge is 2.13. The van der Waals surface area contributed by atoms with Crippen molar-refractivity contribution in [2.45, 2.75) is 6.04 Å². The molecular formula is C10H10ClN3S. The van der Waals surface area contributed by atoms with Crippen molar-refractivity contribution in [3.05, 3.63) is 45.4 Å². The second-order valence-corrected chi connectivity index (χ2v) is 4.79. The summed E-state index contributed by atoms with van der Waals surface area (Å²) in [4.78, 5) is 1.18. The van der Waals surface area contributed by atoms with Crippen LogP contribution in [-0.2, 0) is 0 Å². The minimum Gasteiger partial charge on any atom is -0.309 e. The molecule has 0 saturated carbocycles. The van der Waals surface area contributed by atoms with E-state index >= 15 is 0 Å². The maximum absolute atomic E-state index is 5.91. The Labute approximate surface area is 97.1 Å². The zero-order chi connectivity index (χ0) is 10.7. The highest BCUT2D eigenvalue weighted by Crippen LogP contribution is 2.30. The van der Waals surface area contributed by atoms with E-state index in [-0.39, 0.29) is 6.04 Å². The molecule has 1 unspecified atom stereocenters. The van der Waals surface area contributed by atoms with Gasteiger partial charge in [0.1, 0.15) is 0 Å². The second kappa shape index (κ2) is 4.70. The van der Waals surface area contributed by atoms with E-state index < -0.39 is 0 Å². The van der Waals surface area contributed by atoms with Crippen LogP contribution in [0, 0.1) is 0 Å². The van der Waals surface area contributed by atoms with Gasteiger partial charge in [0.05, 0.1) is 16.6 Å². The summed E-state index contributed by atoms with van der Waals surface area (Å²) in [5.74, 6) is 0. The number of aromatic nitrogens is 2. The van der Waals surface area contributed by atoms with Crippen LogP contribution in [0.15, 0.2) is 30.6 Å². The summed E-state index contributed by atoms with van der Waals surface area (Å²) >= 11 is 7.48. The molecular weight excluding hydrogens is 230 g/mol. The number of hydrogen-bond acceptors (Lipinski definition) is 4. The molecule has 15 heavy (non-hydrogen) atoms. The lowest BCUT2D eigenvalue weighted by Crippen LogP contribution is -2.16. The topological polar surface area (TPSA) is 37.8 Å². The van der Waals surface area contributed by atoms with E-state index in [1.807, 2.05) is 25.2 Å². The first kappa shape index (κ1) is 10.5. The Morgan fingerprint density at radius 3 is 2.73 bits per heavy atom. The highest BCUT2D eigenvalue weighted by atomic mass is 35.5. The van der Waals surface area contributed by atoms with Crippen molar-refractivity contribution in [1.29, 1.82) is 0 Å². The molecule has 0 saturated heterocycles. The van der Waals surface area contributed by atoms with Crippen LogP contribution >= 0.6 is 22.9 Å². The van der Waals surface area contributed by atoms with Crippen LogP contribution in [-0.4, -0.2) is 17.2 Å². The van der Waals surface area contributed by atoms with Gasteiger partial charge in [0.25, 0.3) is 0 Å². The van der Waals surface area contributed by atoms with E-state index in [4.69, 9.17) is 11.6 Å². The van der Waals surface area contributed by atoms with E-state index in [1.54, 1.807) is 23.7 Å². The zero-order valence-corrected chi connectivity index (χ0v) is 9.72. The van der Waals surface area contributed by atoms with Crippen molar-refractivity contribution in [3.63, 3.8) is 0 Å². The van der Waals surface area contributed by atoms with Crippen molar-refractivity contribution in [3.8, 4) is 0 Å². The molecule has 78 valence electrons. The fourth-order valence-electron chi connectivity index (χ4n) is 1.43. The van der Waals surface area contributed by atoms with Gasteiger partial charge in [-0.25, -0.2) is 0 Å². The number of nitrogens with one attached hydrogen (secondary N) is 1. The van der Waals surface area contributed by atoms with Gasteiger partial charge in [-0.3, -0.25) is 0 Å². The third-order valence-corrected chi connectivity index (χ3v) is 3.40. The molecule has 0 fully saturated rings. The third kappa shape index (κ3) is 2.34. The number of hydrogen-bond donors (Lipinski definition) is 1. The van der Waals surface area contributed by atoms with Crippen molar-refractivity contribution >= 4 is 22.9 Å². The normalized spacial score (nSPS) is 12.7. The standard InChI is InChI=1S/C10H10ClN3S/c1-12-10(7-4-5-13-14-6-7)8-2-3-9(11)15-8/h2-6,10,12H,1H3. The molecule has 0 aromatic carbocycles. The number of thiophene rings is 1. The summed E-state index contributed by atoms with van der Waals surface area (Å²) in [6, 6.07) is 6.01. The lowest BCUT2D eigenvalue weighted by molar-refractivity contribution is 0.696. The van der Waals surface area contributed by atoms with Crippen LogP contribution in [0.3, 0.4) is 0 Å². The van der Waals surface area contributed by atoms with Crippen LogP contribution in [0.1, 0.15) is 16.5 Å². The Morgan fingerprint density at radius 2 is 2.20 bits per heavy atom. The van der Waals surface area contributed by atoms with Crippen LogP contribution in [0.25, 0.3) is 0 Å². The second-order valence-electron chi connectivity index (χ2n) is 3.04. The van der Waals surface area contributed by atoms with Gasteiger partial charge in [-0.05, 0) is 30.8 Å². The summed E-state index contributed by atoms with van der Waals surface area (Å²) in [7, 11) is 1.92. The molecule has 2 rings (SSSR count). The third-order valence-electron chi connectivity index (χ3n) is 2.11. The highest BCUT2D eigenvalue weighted by molar-refractivity contribution is 7.16. The molecule has 0 spiro atoms. The van der Waals surface area contributed by atoms with Gasteiger partial charge in [-0.2, -0.15) is 10.2 Å². The molecule has 0 aliphatic heterocycles. The predicted octanol–water partition coefficient (Wildman–Crippen LogP) is 2.50. The van der Waals surface area contributed by atoms with Crippen LogP contribution in [0.4, 0.5) is 0 Å². The van der Waals surface area contributed by atoms with Crippen molar-refractivity contribution < 1.29 is 0 Å². The largest absolute Gasteiger partial charge is 0.309 e. The molecule has 2 aromatic rings. The van der Waals surface area contributed by atoms with Gasteiger partial charge < -0.3 is 5.32 Å². The average Bonchev–Trinajstić information content (AvgIpc) is 2.68. The van der Waals surface area contributed by atoms with Gasteiger partial charge in [-0.15, -0.1) is 11.3 Å². The van der Waals surface area contributed by atoms with E-state index in [9.17, 15) is 0 Å². The van der Waals surface area contributed by atoms with Crippen LogP contribution in [0.5, 0.6) is 0 Å². The van der Waals surface area contributed by atoms with E-state index in [1.165, 1.54) is 4.88 Å². The SMILES string of the molecule is CNC(c1ccnnc1)c1ccc(Cl)s1. The van der Waals surface area contributed by atoms with Gasteiger partial charge in [0.2, 0.25) is 0 Å². The Morgan fingerprint density at radius 1 is 1.33 bits per heavy atom. The van der Waals surface area contributed by atoms with Crippen molar-refractivity contribution in [2.24, 2.45) is 0 Å². The van der Waals surface area contributed by atoms with E-state index in [0.717, 1.165) is 9.90 Å². The zero-order valence-electron chi connectivity index (χ0n) is 8.14. The van der Waals surface area contributed by atoms with Crippen LogP contribution in [0.2, 0.25) is 4.34 Å². The predicted molar refractivity (Wildman–Crippen MR) is 62.3 cm³/mol. The summed E-state index contributed by atoms with van der Waals surface area (Å²) in [6.07, 6.45) is 3.45. The Balaban J connectivity index is 2.33. The molecule has 0 aliphatic rings. The lowest BCUT2D eigenvalue weighted by atomic mass is 10.1. The average molecular weight is 240 g/mol.